The summed E-state index contributed by atoms with van der Waals surface area (Å²) in [6.07, 6.45) is 1.92. The molecular weight excluding hydrogens is 518 g/mol. The van der Waals surface area contributed by atoms with Crippen LogP contribution in [0.4, 0.5) is 0 Å². The van der Waals surface area contributed by atoms with E-state index in [-0.39, 0.29) is 11.7 Å². The molecule has 184 valence electrons. The Hall–Kier alpha value is -2.65. The van der Waals surface area contributed by atoms with Crippen LogP contribution in [0.1, 0.15) is 62.4 Å². The zero-order valence-electron chi connectivity index (χ0n) is 19.9. The van der Waals surface area contributed by atoms with E-state index in [1.54, 1.807) is 18.2 Å². The van der Waals surface area contributed by atoms with Gasteiger partial charge in [0.25, 0.3) is 11.8 Å². The molecule has 2 aromatic rings. The number of hydrazine groups is 1. The van der Waals surface area contributed by atoms with Crippen LogP contribution in [0.2, 0.25) is 0 Å². The molecule has 0 aromatic heterocycles. The summed E-state index contributed by atoms with van der Waals surface area (Å²) in [5.41, 5.74) is 6.48. The number of ether oxygens (including phenoxy) is 2. The van der Waals surface area contributed by atoms with Crippen LogP contribution in [0.5, 0.6) is 11.5 Å². The second kappa shape index (κ2) is 13.9. The smallest absolute Gasteiger partial charge is 0.276 e. The number of rotatable bonds is 10. The van der Waals surface area contributed by atoms with Crippen molar-refractivity contribution in [2.24, 2.45) is 5.92 Å². The fourth-order valence-electron chi connectivity index (χ4n) is 2.85. The molecule has 3 N–H and O–H groups in total. The van der Waals surface area contributed by atoms with Crippen molar-refractivity contribution >= 4 is 45.1 Å². The van der Waals surface area contributed by atoms with Crippen molar-refractivity contribution in [1.82, 2.24) is 16.2 Å². The van der Waals surface area contributed by atoms with Gasteiger partial charge in [-0.25, -0.2) is 0 Å². The average Bonchev–Trinajstić information content (AvgIpc) is 2.81. The van der Waals surface area contributed by atoms with Crippen LogP contribution in [-0.2, 0) is 4.79 Å². The second-order valence-electron chi connectivity index (χ2n) is 8.29. The van der Waals surface area contributed by atoms with Gasteiger partial charge in [0.05, 0.1) is 12.2 Å². The summed E-state index contributed by atoms with van der Waals surface area (Å²) >= 11 is 8.49. The van der Waals surface area contributed by atoms with Crippen LogP contribution in [0, 0.1) is 5.92 Å². The van der Waals surface area contributed by atoms with Crippen LogP contribution in [-0.4, -0.2) is 30.1 Å². The van der Waals surface area contributed by atoms with Crippen LogP contribution >= 0.6 is 28.1 Å². The van der Waals surface area contributed by atoms with E-state index in [1.165, 1.54) is 5.56 Å². The summed E-state index contributed by atoms with van der Waals surface area (Å²) in [5, 5.41) is 2.49. The molecule has 0 saturated heterocycles. The van der Waals surface area contributed by atoms with Gasteiger partial charge in [-0.1, -0.05) is 55.8 Å². The summed E-state index contributed by atoms with van der Waals surface area (Å²) in [6.45, 7) is 8.80. The van der Waals surface area contributed by atoms with E-state index in [9.17, 15) is 9.59 Å². The van der Waals surface area contributed by atoms with Crippen molar-refractivity contribution in [3.63, 3.8) is 0 Å². The number of benzene rings is 2. The first kappa shape index (κ1) is 27.6. The number of hydrogen-bond acceptors (Lipinski definition) is 5. The quantitative estimate of drug-likeness (QED) is 0.282. The van der Waals surface area contributed by atoms with E-state index in [1.807, 2.05) is 24.3 Å². The first-order valence-electron chi connectivity index (χ1n) is 11.2. The van der Waals surface area contributed by atoms with Crippen LogP contribution in [0.3, 0.4) is 0 Å². The van der Waals surface area contributed by atoms with Gasteiger partial charge in [0, 0.05) is 4.47 Å². The Balaban J connectivity index is 1.81. The maximum absolute atomic E-state index is 12.7. The third kappa shape index (κ3) is 9.30. The molecule has 2 amide bonds. The maximum atomic E-state index is 12.7. The SMILES string of the molecule is CCC(C)c1ccc(OCC(=O)NNC(=S)NC(=O)c2cc(Br)ccc2OCCC(C)C)cc1. The Labute approximate surface area is 215 Å². The Kier molecular flexibility index (Phi) is 11.3. The lowest BCUT2D eigenvalue weighted by Gasteiger charge is -2.15. The Morgan fingerprint density at radius 2 is 1.74 bits per heavy atom. The molecule has 0 bridgehead atoms. The predicted octanol–water partition coefficient (Wildman–Crippen LogP) is 5.10. The number of carbonyl (C=O) groups is 2. The molecule has 0 heterocycles. The summed E-state index contributed by atoms with van der Waals surface area (Å²) in [4.78, 5) is 24.8. The summed E-state index contributed by atoms with van der Waals surface area (Å²) in [7, 11) is 0. The lowest BCUT2D eigenvalue weighted by molar-refractivity contribution is -0.123. The van der Waals surface area contributed by atoms with Gasteiger partial charge in [0.1, 0.15) is 11.5 Å². The Morgan fingerprint density at radius 1 is 1.03 bits per heavy atom. The minimum absolute atomic E-state index is 0.0515. The molecule has 0 aliphatic heterocycles. The van der Waals surface area contributed by atoms with Gasteiger partial charge in [-0.2, -0.15) is 0 Å². The first-order valence-corrected chi connectivity index (χ1v) is 12.4. The van der Waals surface area contributed by atoms with Crippen molar-refractivity contribution in [2.45, 2.75) is 46.5 Å². The molecule has 1 atom stereocenters. The topological polar surface area (TPSA) is 88.7 Å². The van der Waals surface area contributed by atoms with Crippen LogP contribution in [0.25, 0.3) is 0 Å². The highest BCUT2D eigenvalue weighted by atomic mass is 79.9. The molecule has 0 saturated carbocycles. The Bertz CT molecular complexity index is 983. The highest BCUT2D eigenvalue weighted by molar-refractivity contribution is 9.10. The number of halogens is 1. The molecule has 9 heteroatoms. The molecule has 0 aliphatic carbocycles. The molecule has 0 fully saturated rings. The number of nitrogens with one attached hydrogen (secondary N) is 3. The van der Waals surface area contributed by atoms with E-state index in [0.717, 1.165) is 17.3 Å². The molecule has 0 radical (unpaired) electrons. The zero-order chi connectivity index (χ0) is 25.1. The highest BCUT2D eigenvalue weighted by Gasteiger charge is 2.15. The maximum Gasteiger partial charge on any atom is 0.276 e. The number of thiocarbonyl (C=S) groups is 1. The van der Waals surface area contributed by atoms with Crippen molar-refractivity contribution in [3.05, 3.63) is 58.1 Å². The first-order chi connectivity index (χ1) is 16.2. The Morgan fingerprint density at radius 3 is 2.38 bits per heavy atom. The molecule has 0 spiro atoms. The zero-order valence-corrected chi connectivity index (χ0v) is 22.3. The summed E-state index contributed by atoms with van der Waals surface area (Å²) in [5.74, 6) is 1.12. The van der Waals surface area contributed by atoms with Crippen molar-refractivity contribution in [2.75, 3.05) is 13.2 Å². The van der Waals surface area contributed by atoms with Gasteiger partial charge in [-0.05, 0) is 72.8 Å². The largest absolute Gasteiger partial charge is 0.493 e. The number of amides is 2. The van der Waals surface area contributed by atoms with Crippen molar-refractivity contribution < 1.29 is 19.1 Å². The van der Waals surface area contributed by atoms with Crippen LogP contribution < -0.4 is 25.6 Å². The van der Waals surface area contributed by atoms with Gasteiger partial charge in [-0.3, -0.25) is 25.8 Å². The van der Waals surface area contributed by atoms with E-state index in [0.29, 0.717) is 35.5 Å². The van der Waals surface area contributed by atoms with Gasteiger partial charge in [-0.15, -0.1) is 0 Å². The van der Waals surface area contributed by atoms with E-state index >= 15 is 0 Å². The van der Waals surface area contributed by atoms with Gasteiger partial charge >= 0.3 is 0 Å². The normalized spacial score (nSPS) is 11.5. The molecular formula is C25H32BrN3O4S. The third-order valence-corrected chi connectivity index (χ3v) is 5.81. The lowest BCUT2D eigenvalue weighted by Crippen LogP contribution is -2.49. The molecule has 0 aliphatic rings. The van der Waals surface area contributed by atoms with E-state index in [2.05, 4.69) is 59.8 Å². The molecule has 2 rings (SSSR count). The fraction of sp³-hybridized carbons (Fsp3) is 0.400. The second-order valence-corrected chi connectivity index (χ2v) is 9.62. The minimum Gasteiger partial charge on any atom is -0.493 e. The molecule has 34 heavy (non-hydrogen) atoms. The van der Waals surface area contributed by atoms with E-state index in [4.69, 9.17) is 21.7 Å². The van der Waals surface area contributed by atoms with Crippen molar-refractivity contribution in [3.8, 4) is 11.5 Å². The van der Waals surface area contributed by atoms with Gasteiger partial charge in [0.15, 0.2) is 11.7 Å². The fourth-order valence-corrected chi connectivity index (χ4v) is 3.36. The summed E-state index contributed by atoms with van der Waals surface area (Å²) in [6, 6.07) is 12.8. The predicted molar refractivity (Wildman–Crippen MR) is 141 cm³/mol. The van der Waals surface area contributed by atoms with E-state index < -0.39 is 11.8 Å². The lowest BCUT2D eigenvalue weighted by atomic mass is 9.99. The van der Waals surface area contributed by atoms with Gasteiger partial charge in [0.2, 0.25) is 0 Å². The monoisotopic (exact) mass is 549 g/mol. The third-order valence-electron chi connectivity index (χ3n) is 5.11. The number of carbonyl (C=O) groups excluding carboxylic acids is 2. The molecule has 2 aromatic carbocycles. The molecule has 7 nitrogen and oxygen atoms in total. The number of hydrogen-bond donors (Lipinski definition) is 3. The van der Waals surface area contributed by atoms with Crippen molar-refractivity contribution in [1.29, 1.82) is 0 Å². The standard InChI is InChI=1S/C25H32BrN3O4S/c1-5-17(4)18-6-9-20(10-7-18)33-15-23(30)28-29-25(34)27-24(31)21-14-19(26)8-11-22(21)32-13-12-16(2)3/h6-11,14,16-17H,5,12-13,15H2,1-4H3,(H,28,30)(H2,27,29,31,34). The summed E-state index contributed by atoms with van der Waals surface area (Å²) < 4.78 is 12.0. The molecule has 1 unspecified atom stereocenters. The van der Waals surface area contributed by atoms with Gasteiger partial charge < -0.3 is 9.47 Å². The highest BCUT2D eigenvalue weighted by Crippen LogP contribution is 2.24. The average molecular weight is 551 g/mol. The minimum atomic E-state index is -0.453. The van der Waals surface area contributed by atoms with Crippen LogP contribution in [0.15, 0.2) is 46.9 Å².